The van der Waals surface area contributed by atoms with E-state index >= 15 is 0 Å². The lowest BCUT2D eigenvalue weighted by atomic mass is 9.92. The number of halogens is 1. The molecule has 0 bridgehead atoms. The van der Waals surface area contributed by atoms with E-state index in [-0.39, 0.29) is 6.61 Å². The Kier molecular flexibility index (Phi) is 7.73. The molecule has 1 fully saturated rings. The number of hydrogen-bond donors (Lipinski definition) is 2. The van der Waals surface area contributed by atoms with Gasteiger partial charge in [0.1, 0.15) is 5.65 Å². The number of pyridine rings is 1. The molecule has 0 unspecified atom stereocenters. The van der Waals surface area contributed by atoms with Crippen molar-refractivity contribution < 1.29 is 5.11 Å². The Labute approximate surface area is 218 Å². The third-order valence-corrected chi connectivity index (χ3v) is 7.30. The molecule has 3 heterocycles. The molecule has 1 aliphatic rings. The van der Waals surface area contributed by atoms with E-state index in [4.69, 9.17) is 16.6 Å². The van der Waals surface area contributed by atoms with E-state index in [1.807, 2.05) is 30.6 Å². The summed E-state index contributed by atoms with van der Waals surface area (Å²) in [5.41, 5.74) is 8.23. The van der Waals surface area contributed by atoms with E-state index in [1.165, 1.54) is 16.7 Å². The predicted molar refractivity (Wildman–Crippen MR) is 149 cm³/mol. The van der Waals surface area contributed by atoms with Gasteiger partial charge in [-0.15, -0.1) is 0 Å². The lowest BCUT2D eigenvalue weighted by Gasteiger charge is -2.34. The smallest absolute Gasteiger partial charge is 0.137 e. The molecule has 4 aromatic rings. The second kappa shape index (κ2) is 11.1. The first-order valence-corrected chi connectivity index (χ1v) is 13.3. The lowest BCUT2D eigenvalue weighted by molar-refractivity contribution is 0.108. The zero-order valence-electron chi connectivity index (χ0n) is 21.2. The van der Waals surface area contributed by atoms with Crippen LogP contribution in [0, 0.1) is 5.92 Å². The normalized spacial score (nSPS) is 15.2. The van der Waals surface area contributed by atoms with Gasteiger partial charge in [0, 0.05) is 73.2 Å². The van der Waals surface area contributed by atoms with Gasteiger partial charge in [-0.2, -0.15) is 0 Å². The molecule has 0 atom stereocenters. The van der Waals surface area contributed by atoms with E-state index in [0.29, 0.717) is 5.92 Å². The zero-order chi connectivity index (χ0) is 25.1. The number of aromatic nitrogens is 2. The molecule has 2 aromatic heterocycles. The molecule has 0 saturated carbocycles. The summed E-state index contributed by atoms with van der Waals surface area (Å²) in [6.07, 6.45) is 5.03. The lowest BCUT2D eigenvalue weighted by Crippen LogP contribution is -2.46. The molecule has 5 rings (SSSR count). The van der Waals surface area contributed by atoms with Crippen molar-refractivity contribution in [3.63, 3.8) is 0 Å². The maximum atomic E-state index is 9.21. The van der Waals surface area contributed by atoms with Crippen LogP contribution in [0.2, 0.25) is 5.02 Å². The van der Waals surface area contributed by atoms with Crippen molar-refractivity contribution in [1.82, 2.24) is 19.8 Å². The molecule has 36 heavy (non-hydrogen) atoms. The SMILES string of the molecule is CC(C)Cc1cc(CN2CCN(CCO)CC2)ccc1-c1cnc2[nH]cc(-c3cccc(Cl)c3)c2c1. The van der Waals surface area contributed by atoms with Gasteiger partial charge in [0.05, 0.1) is 6.61 Å². The van der Waals surface area contributed by atoms with Crippen molar-refractivity contribution in [2.45, 2.75) is 26.8 Å². The molecule has 0 radical (unpaired) electrons. The van der Waals surface area contributed by atoms with Gasteiger partial charge in [-0.1, -0.05) is 55.8 Å². The first-order chi connectivity index (χ1) is 17.5. The van der Waals surface area contributed by atoms with Crippen molar-refractivity contribution >= 4 is 22.6 Å². The van der Waals surface area contributed by atoms with Crippen LogP contribution in [-0.2, 0) is 13.0 Å². The average molecular weight is 503 g/mol. The molecule has 0 amide bonds. The molecule has 2 N–H and O–H groups in total. The molecule has 0 spiro atoms. The summed E-state index contributed by atoms with van der Waals surface area (Å²) in [6.45, 7) is 10.7. The maximum Gasteiger partial charge on any atom is 0.137 e. The van der Waals surface area contributed by atoms with Crippen molar-refractivity contribution in [3.8, 4) is 22.3 Å². The Morgan fingerprint density at radius 2 is 1.78 bits per heavy atom. The summed E-state index contributed by atoms with van der Waals surface area (Å²) in [4.78, 5) is 12.9. The minimum Gasteiger partial charge on any atom is -0.395 e. The number of rotatable bonds is 8. The van der Waals surface area contributed by atoms with Crippen LogP contribution in [0.15, 0.2) is 60.9 Å². The molecule has 2 aromatic carbocycles. The van der Waals surface area contributed by atoms with Gasteiger partial charge in [-0.3, -0.25) is 9.80 Å². The number of nitrogens with one attached hydrogen (secondary N) is 1. The number of β-amino-alcohol motifs (C(OH)–C–C–N with tert-alkyl or cyclic N) is 1. The van der Waals surface area contributed by atoms with Crippen LogP contribution in [0.3, 0.4) is 0 Å². The van der Waals surface area contributed by atoms with Crippen LogP contribution < -0.4 is 0 Å². The molecule has 0 aliphatic carbocycles. The maximum absolute atomic E-state index is 9.21. The highest BCUT2D eigenvalue weighted by molar-refractivity contribution is 6.30. The summed E-state index contributed by atoms with van der Waals surface area (Å²) >= 11 is 6.27. The molecule has 188 valence electrons. The Bertz CT molecular complexity index is 1320. The van der Waals surface area contributed by atoms with E-state index < -0.39 is 0 Å². The third-order valence-electron chi connectivity index (χ3n) is 7.06. The Morgan fingerprint density at radius 3 is 2.53 bits per heavy atom. The molecule has 6 heteroatoms. The number of H-pyrrole nitrogens is 1. The molecule has 5 nitrogen and oxygen atoms in total. The topological polar surface area (TPSA) is 55.4 Å². The van der Waals surface area contributed by atoms with Gasteiger partial charge < -0.3 is 10.1 Å². The van der Waals surface area contributed by atoms with Gasteiger partial charge in [0.25, 0.3) is 0 Å². The van der Waals surface area contributed by atoms with Crippen LogP contribution >= 0.6 is 11.6 Å². The van der Waals surface area contributed by atoms with Crippen LogP contribution in [0.4, 0.5) is 0 Å². The Balaban J connectivity index is 1.44. The van der Waals surface area contributed by atoms with Crippen molar-refractivity contribution in [1.29, 1.82) is 0 Å². The highest BCUT2D eigenvalue weighted by atomic mass is 35.5. The summed E-state index contributed by atoms with van der Waals surface area (Å²) in [5, 5.41) is 11.0. The largest absolute Gasteiger partial charge is 0.395 e. The summed E-state index contributed by atoms with van der Waals surface area (Å²) in [7, 11) is 0. The number of aromatic amines is 1. The van der Waals surface area contributed by atoms with E-state index in [2.05, 4.69) is 59.0 Å². The number of nitrogens with zero attached hydrogens (tertiary/aromatic N) is 3. The summed E-state index contributed by atoms with van der Waals surface area (Å²) < 4.78 is 0. The van der Waals surface area contributed by atoms with Gasteiger partial charge in [0.2, 0.25) is 0 Å². The highest BCUT2D eigenvalue weighted by Gasteiger charge is 2.18. The van der Waals surface area contributed by atoms with Crippen LogP contribution in [0.1, 0.15) is 25.0 Å². The number of fused-ring (bicyclic) bond motifs is 1. The fourth-order valence-electron chi connectivity index (χ4n) is 5.25. The Morgan fingerprint density at radius 1 is 0.972 bits per heavy atom. The Hall–Kier alpha value is -2.70. The first-order valence-electron chi connectivity index (χ1n) is 12.9. The van der Waals surface area contributed by atoms with E-state index in [1.54, 1.807) is 0 Å². The van der Waals surface area contributed by atoms with Gasteiger partial charge in [-0.05, 0) is 52.8 Å². The number of hydrogen-bond acceptors (Lipinski definition) is 4. The van der Waals surface area contributed by atoms with Gasteiger partial charge in [-0.25, -0.2) is 4.98 Å². The van der Waals surface area contributed by atoms with Crippen LogP contribution in [-0.4, -0.2) is 64.2 Å². The fourth-order valence-corrected chi connectivity index (χ4v) is 5.44. The predicted octanol–water partition coefficient (Wildman–Crippen LogP) is 5.86. The minimum absolute atomic E-state index is 0.240. The third kappa shape index (κ3) is 5.65. The van der Waals surface area contributed by atoms with Crippen LogP contribution in [0.5, 0.6) is 0 Å². The fraction of sp³-hybridized carbons (Fsp3) is 0.367. The van der Waals surface area contributed by atoms with Crippen molar-refractivity contribution in [2.75, 3.05) is 39.3 Å². The molecular formula is C30H35ClN4O. The second-order valence-electron chi connectivity index (χ2n) is 10.3. The van der Waals surface area contributed by atoms with E-state index in [9.17, 15) is 5.11 Å². The standard InChI is InChI=1S/C30H35ClN4O/c1-21(2)14-24-15-22(20-35-10-8-34(9-11-35)12-13-36)6-7-27(24)25-17-28-29(19-33-30(28)32-18-25)23-4-3-5-26(31)16-23/h3-7,15-19,21,36H,8-14,20H2,1-2H3,(H,32,33). The van der Waals surface area contributed by atoms with E-state index in [0.717, 1.165) is 78.4 Å². The number of piperazine rings is 1. The van der Waals surface area contributed by atoms with Crippen molar-refractivity contribution in [2.24, 2.45) is 5.92 Å². The first kappa shape index (κ1) is 25.0. The quantitative estimate of drug-likeness (QED) is 0.317. The molecule has 1 aliphatic heterocycles. The summed E-state index contributed by atoms with van der Waals surface area (Å²) in [6, 6.07) is 17.2. The minimum atomic E-state index is 0.240. The zero-order valence-corrected chi connectivity index (χ0v) is 21.9. The van der Waals surface area contributed by atoms with Crippen molar-refractivity contribution in [3.05, 3.63) is 77.1 Å². The highest BCUT2D eigenvalue weighted by Crippen LogP contribution is 2.34. The number of aliphatic hydroxyl groups is 1. The van der Waals surface area contributed by atoms with Gasteiger partial charge in [0.15, 0.2) is 0 Å². The molecule has 1 saturated heterocycles. The monoisotopic (exact) mass is 502 g/mol. The number of aliphatic hydroxyl groups excluding tert-OH is 1. The number of benzene rings is 2. The van der Waals surface area contributed by atoms with Crippen LogP contribution in [0.25, 0.3) is 33.3 Å². The second-order valence-corrected chi connectivity index (χ2v) is 10.7. The molecular weight excluding hydrogens is 468 g/mol. The van der Waals surface area contributed by atoms with Gasteiger partial charge >= 0.3 is 0 Å². The summed E-state index contributed by atoms with van der Waals surface area (Å²) in [5.74, 6) is 0.562. The average Bonchev–Trinajstić information content (AvgIpc) is 3.29.